The lowest BCUT2D eigenvalue weighted by Gasteiger charge is -2.17. The van der Waals surface area contributed by atoms with E-state index in [1.165, 1.54) is 0 Å². The van der Waals surface area contributed by atoms with Crippen molar-refractivity contribution in [3.63, 3.8) is 0 Å². The van der Waals surface area contributed by atoms with Crippen molar-refractivity contribution >= 4 is 11.7 Å². The Morgan fingerprint density at radius 2 is 1.88 bits per heavy atom. The number of amides is 2. The summed E-state index contributed by atoms with van der Waals surface area (Å²) in [6.45, 7) is 2.83. The van der Waals surface area contributed by atoms with Crippen molar-refractivity contribution in [2.75, 3.05) is 32.8 Å². The number of hydrogen-bond donors (Lipinski definition) is 2. The maximum Gasteiger partial charge on any atom is 0.319 e. The molecule has 0 fully saturated rings. The van der Waals surface area contributed by atoms with E-state index in [1.54, 1.807) is 38.7 Å². The number of hydrogen-bond acceptors (Lipinski definition) is 5. The molecule has 0 saturated heterocycles. The van der Waals surface area contributed by atoms with Crippen molar-refractivity contribution in [3.05, 3.63) is 48.3 Å². The predicted octanol–water partition coefficient (Wildman–Crippen LogP) is 3.00. The second-order valence-electron chi connectivity index (χ2n) is 5.31. The van der Waals surface area contributed by atoms with E-state index in [4.69, 9.17) is 14.2 Å². The van der Waals surface area contributed by atoms with Crippen molar-refractivity contribution in [3.8, 4) is 11.5 Å². The van der Waals surface area contributed by atoms with Crippen LogP contribution in [0.15, 0.2) is 42.7 Å². The zero-order valence-corrected chi connectivity index (χ0v) is 14.6. The number of carbonyl (C=O) groups is 1. The summed E-state index contributed by atoms with van der Waals surface area (Å²) in [5.74, 6) is 1.24. The molecule has 1 aromatic carbocycles. The smallest absolute Gasteiger partial charge is 0.319 e. The van der Waals surface area contributed by atoms with Crippen LogP contribution in [0.25, 0.3) is 0 Å². The molecule has 2 aromatic rings. The zero-order valence-electron chi connectivity index (χ0n) is 14.6. The van der Waals surface area contributed by atoms with Gasteiger partial charge in [0.25, 0.3) is 0 Å². The third-order valence-electron chi connectivity index (χ3n) is 3.52. The summed E-state index contributed by atoms with van der Waals surface area (Å²) in [6.07, 6.45) is 3.23. The van der Waals surface area contributed by atoms with Crippen molar-refractivity contribution in [2.24, 2.45) is 0 Å². The third kappa shape index (κ3) is 5.65. The summed E-state index contributed by atoms with van der Waals surface area (Å²) >= 11 is 0. The maximum atomic E-state index is 12.1. The number of nitrogens with one attached hydrogen (secondary N) is 2. The topological polar surface area (TPSA) is 81.7 Å². The van der Waals surface area contributed by atoms with E-state index >= 15 is 0 Å². The number of pyridine rings is 1. The molecule has 0 saturated carbocycles. The first kappa shape index (κ1) is 18.5. The van der Waals surface area contributed by atoms with Crippen LogP contribution in [-0.2, 0) is 4.74 Å². The fraction of sp³-hybridized carbons (Fsp3) is 0.333. The van der Waals surface area contributed by atoms with Crippen LogP contribution in [0.3, 0.4) is 0 Å². The van der Waals surface area contributed by atoms with Crippen LogP contribution in [0.4, 0.5) is 10.5 Å². The average Bonchev–Trinajstić information content (AvgIpc) is 2.62. The van der Waals surface area contributed by atoms with Gasteiger partial charge in [-0.05, 0) is 36.8 Å². The first-order valence-corrected chi connectivity index (χ1v) is 7.91. The summed E-state index contributed by atoms with van der Waals surface area (Å²) in [5, 5.41) is 5.64. The molecule has 1 atom stereocenters. The number of aromatic nitrogens is 1. The molecule has 1 aromatic heterocycles. The van der Waals surface area contributed by atoms with Crippen molar-refractivity contribution in [1.82, 2.24) is 10.3 Å². The van der Waals surface area contributed by atoms with E-state index in [0.29, 0.717) is 30.4 Å². The number of urea groups is 1. The number of benzene rings is 1. The number of carbonyl (C=O) groups excluding carboxylic acids is 1. The normalized spacial score (nSPS) is 11.5. The highest BCUT2D eigenvalue weighted by molar-refractivity contribution is 5.89. The summed E-state index contributed by atoms with van der Waals surface area (Å²) < 4.78 is 15.9. The van der Waals surface area contributed by atoms with Gasteiger partial charge in [0.15, 0.2) is 11.5 Å². The number of ether oxygens (including phenoxy) is 3. The molecule has 0 aliphatic carbocycles. The van der Waals surface area contributed by atoms with Crippen LogP contribution in [-0.4, -0.2) is 38.4 Å². The van der Waals surface area contributed by atoms with E-state index in [2.05, 4.69) is 15.6 Å². The van der Waals surface area contributed by atoms with Gasteiger partial charge in [-0.25, -0.2) is 4.79 Å². The largest absolute Gasteiger partial charge is 0.493 e. The van der Waals surface area contributed by atoms with Crippen LogP contribution < -0.4 is 20.1 Å². The van der Waals surface area contributed by atoms with Gasteiger partial charge in [0.1, 0.15) is 6.61 Å². The molecule has 2 rings (SSSR count). The fourth-order valence-electron chi connectivity index (χ4n) is 2.19. The molecule has 2 N–H and O–H groups in total. The lowest BCUT2D eigenvalue weighted by molar-refractivity contribution is 0.144. The molecule has 1 heterocycles. The van der Waals surface area contributed by atoms with Crippen LogP contribution in [0.5, 0.6) is 11.5 Å². The number of nitrogens with zero attached hydrogens (tertiary/aromatic N) is 1. The number of rotatable bonds is 8. The molecule has 134 valence electrons. The van der Waals surface area contributed by atoms with Crippen LogP contribution >= 0.6 is 0 Å². The van der Waals surface area contributed by atoms with Gasteiger partial charge in [0, 0.05) is 25.2 Å². The molecule has 7 heteroatoms. The molecular formula is C18H23N3O4. The summed E-state index contributed by atoms with van der Waals surface area (Å²) in [7, 11) is 3.20. The minimum atomic E-state index is -0.293. The van der Waals surface area contributed by atoms with Gasteiger partial charge in [-0.15, -0.1) is 0 Å². The van der Waals surface area contributed by atoms with Gasteiger partial charge in [0.05, 0.1) is 19.8 Å². The highest BCUT2D eigenvalue weighted by Gasteiger charge is 2.13. The Balaban J connectivity index is 1.98. The van der Waals surface area contributed by atoms with Crippen molar-refractivity contribution < 1.29 is 19.0 Å². The highest BCUT2D eigenvalue weighted by atomic mass is 16.5. The van der Waals surface area contributed by atoms with Gasteiger partial charge in [0.2, 0.25) is 0 Å². The van der Waals surface area contributed by atoms with E-state index in [1.807, 2.05) is 25.1 Å². The Kier molecular flexibility index (Phi) is 7.03. The van der Waals surface area contributed by atoms with Crippen LogP contribution in [0.2, 0.25) is 0 Å². The molecule has 0 bridgehead atoms. The van der Waals surface area contributed by atoms with Gasteiger partial charge < -0.3 is 24.8 Å². The van der Waals surface area contributed by atoms with E-state index < -0.39 is 0 Å². The minimum Gasteiger partial charge on any atom is -0.493 e. The summed E-state index contributed by atoms with van der Waals surface area (Å²) in [4.78, 5) is 16.0. The quantitative estimate of drug-likeness (QED) is 0.719. The Hall–Kier alpha value is -2.80. The molecule has 2 amide bonds. The molecule has 0 radical (unpaired) electrons. The molecule has 25 heavy (non-hydrogen) atoms. The Bertz CT molecular complexity index is 679. The van der Waals surface area contributed by atoms with Crippen molar-refractivity contribution in [1.29, 1.82) is 0 Å². The van der Waals surface area contributed by atoms with Gasteiger partial charge in [-0.3, -0.25) is 4.98 Å². The Morgan fingerprint density at radius 1 is 1.12 bits per heavy atom. The van der Waals surface area contributed by atoms with Crippen LogP contribution in [0.1, 0.15) is 18.5 Å². The van der Waals surface area contributed by atoms with Gasteiger partial charge in [-0.1, -0.05) is 6.07 Å². The number of methoxy groups -OCH3 is 2. The zero-order chi connectivity index (χ0) is 18.1. The number of anilines is 1. The van der Waals surface area contributed by atoms with Gasteiger partial charge >= 0.3 is 6.03 Å². The monoisotopic (exact) mass is 345 g/mol. The van der Waals surface area contributed by atoms with Crippen LogP contribution in [0, 0.1) is 0 Å². The summed E-state index contributed by atoms with van der Waals surface area (Å²) in [5.41, 5.74) is 1.58. The predicted molar refractivity (Wildman–Crippen MR) is 95.2 cm³/mol. The average molecular weight is 345 g/mol. The third-order valence-corrected chi connectivity index (χ3v) is 3.52. The lowest BCUT2D eigenvalue weighted by Crippen LogP contribution is -2.31. The summed E-state index contributed by atoms with van der Waals surface area (Å²) in [6, 6.07) is 8.50. The second kappa shape index (κ2) is 9.48. The Labute approximate surface area is 147 Å². The maximum absolute atomic E-state index is 12.1. The molecule has 0 aliphatic rings. The molecule has 0 unspecified atom stereocenters. The molecule has 0 spiro atoms. The Morgan fingerprint density at radius 3 is 2.56 bits per heavy atom. The molecular weight excluding hydrogens is 322 g/mol. The molecule has 0 aliphatic heterocycles. The highest BCUT2D eigenvalue weighted by Crippen LogP contribution is 2.30. The molecule has 7 nitrogen and oxygen atoms in total. The fourth-order valence-corrected chi connectivity index (χ4v) is 2.19. The minimum absolute atomic E-state index is 0.205. The van der Waals surface area contributed by atoms with E-state index in [-0.39, 0.29) is 12.1 Å². The van der Waals surface area contributed by atoms with Crippen molar-refractivity contribution in [2.45, 2.75) is 13.0 Å². The van der Waals surface area contributed by atoms with E-state index in [9.17, 15) is 4.79 Å². The first-order chi connectivity index (χ1) is 12.1. The standard InChI is InChI=1S/C18H23N3O4/c1-13(20-18(22)21-15-6-8-19-9-7-15)14-4-5-16(17(12-14)24-3)25-11-10-23-2/h4-9,12-13H,10-11H2,1-3H3,(H2,19,20,21,22)/t13-/m1/s1. The van der Waals surface area contributed by atoms with Gasteiger partial charge in [-0.2, -0.15) is 0 Å². The second-order valence-corrected chi connectivity index (χ2v) is 5.31. The van der Waals surface area contributed by atoms with E-state index in [0.717, 1.165) is 5.56 Å². The SMILES string of the molecule is COCCOc1ccc([C@@H](C)NC(=O)Nc2ccncc2)cc1OC. The lowest BCUT2D eigenvalue weighted by atomic mass is 10.1. The first-order valence-electron chi connectivity index (χ1n) is 7.91.